The number of sulfone groups is 1. The molecule has 1 atom stereocenters. The minimum atomic E-state index is -3.72. The van der Waals surface area contributed by atoms with Crippen LogP contribution >= 0.6 is 11.6 Å². The van der Waals surface area contributed by atoms with Crippen molar-refractivity contribution in [1.29, 1.82) is 0 Å². The second-order valence-corrected chi connectivity index (χ2v) is 14.8. The van der Waals surface area contributed by atoms with E-state index in [1.54, 1.807) is 13.8 Å². The SMILES string of the molecule is CC(C)(O)c1ccccc1CCC(c1cccc(C=Cc2ccc3ccc(Cl)cc3n2)c1)S(=O)(=O)CC1(CC(=O)O)CC1. The van der Waals surface area contributed by atoms with Crippen molar-refractivity contribution < 1.29 is 23.4 Å². The fourth-order valence-corrected chi connectivity index (χ4v) is 8.47. The number of carbonyl (C=O) groups is 1. The number of aliphatic hydroxyl groups is 1. The van der Waals surface area contributed by atoms with E-state index >= 15 is 0 Å². The Labute approximate surface area is 258 Å². The zero-order valence-corrected chi connectivity index (χ0v) is 25.9. The maximum Gasteiger partial charge on any atom is 0.303 e. The Kier molecular flexibility index (Phi) is 8.80. The van der Waals surface area contributed by atoms with Gasteiger partial charge >= 0.3 is 5.97 Å². The number of aryl methyl sites for hydroxylation is 1. The summed E-state index contributed by atoms with van der Waals surface area (Å²) in [7, 11) is -3.72. The van der Waals surface area contributed by atoms with Crippen LogP contribution in [-0.4, -0.2) is 35.3 Å². The number of nitrogens with zero attached hydrogens (tertiary/aromatic N) is 1. The number of aromatic nitrogens is 1. The number of pyridine rings is 1. The summed E-state index contributed by atoms with van der Waals surface area (Å²) in [5.41, 5.74) is 2.90. The van der Waals surface area contributed by atoms with Gasteiger partial charge in [0.05, 0.1) is 34.2 Å². The van der Waals surface area contributed by atoms with Gasteiger partial charge in [0.15, 0.2) is 9.84 Å². The molecule has 1 aromatic heterocycles. The molecule has 0 amide bonds. The minimum absolute atomic E-state index is 0.146. The summed E-state index contributed by atoms with van der Waals surface area (Å²) in [6.07, 6.45) is 5.58. The molecule has 2 N–H and O–H groups in total. The number of benzene rings is 3. The topological polar surface area (TPSA) is 105 Å². The predicted octanol–water partition coefficient (Wildman–Crippen LogP) is 7.63. The smallest absolute Gasteiger partial charge is 0.303 e. The quantitative estimate of drug-likeness (QED) is 0.169. The first kappa shape index (κ1) is 30.9. The van der Waals surface area contributed by atoms with Crippen LogP contribution in [0.2, 0.25) is 5.02 Å². The van der Waals surface area contributed by atoms with Gasteiger partial charge < -0.3 is 10.2 Å². The zero-order chi connectivity index (χ0) is 30.8. The third-order valence-corrected chi connectivity index (χ3v) is 10.8. The van der Waals surface area contributed by atoms with E-state index in [0.29, 0.717) is 36.3 Å². The lowest BCUT2D eigenvalue weighted by atomic mass is 9.90. The van der Waals surface area contributed by atoms with Gasteiger partial charge in [-0.05, 0) is 91.5 Å². The highest BCUT2D eigenvalue weighted by molar-refractivity contribution is 7.91. The molecule has 5 rings (SSSR count). The van der Waals surface area contributed by atoms with Gasteiger partial charge in [-0.3, -0.25) is 4.79 Å². The Bertz CT molecular complexity index is 1790. The number of hydrogen-bond acceptors (Lipinski definition) is 5. The summed E-state index contributed by atoms with van der Waals surface area (Å²) in [4.78, 5) is 16.2. The molecule has 6 nitrogen and oxygen atoms in total. The summed E-state index contributed by atoms with van der Waals surface area (Å²) in [6, 6.07) is 24.5. The van der Waals surface area contributed by atoms with Crippen molar-refractivity contribution in [3.8, 4) is 0 Å². The van der Waals surface area contributed by atoms with Crippen molar-refractivity contribution in [2.75, 3.05) is 5.75 Å². The van der Waals surface area contributed by atoms with Crippen LogP contribution in [0.5, 0.6) is 0 Å². The van der Waals surface area contributed by atoms with Crippen molar-refractivity contribution in [2.45, 2.75) is 56.8 Å². The summed E-state index contributed by atoms with van der Waals surface area (Å²) in [6.45, 7) is 3.44. The van der Waals surface area contributed by atoms with Crippen molar-refractivity contribution >= 4 is 50.5 Å². The average Bonchev–Trinajstić information content (AvgIpc) is 3.68. The molecule has 43 heavy (non-hydrogen) atoms. The van der Waals surface area contributed by atoms with Crippen LogP contribution in [0.25, 0.3) is 23.1 Å². The number of aliphatic carboxylic acids is 1. The fourth-order valence-electron chi connectivity index (χ4n) is 5.82. The van der Waals surface area contributed by atoms with E-state index in [4.69, 9.17) is 11.6 Å². The van der Waals surface area contributed by atoms with Gasteiger partial charge in [-0.15, -0.1) is 0 Å². The van der Waals surface area contributed by atoms with Crippen LogP contribution in [-0.2, 0) is 26.7 Å². The Morgan fingerprint density at radius 3 is 2.49 bits per heavy atom. The first-order valence-electron chi connectivity index (χ1n) is 14.4. The number of carboxylic acids is 1. The lowest BCUT2D eigenvalue weighted by Crippen LogP contribution is -2.26. The Morgan fingerprint density at radius 2 is 1.77 bits per heavy atom. The Morgan fingerprint density at radius 1 is 1.02 bits per heavy atom. The molecule has 224 valence electrons. The van der Waals surface area contributed by atoms with E-state index in [0.717, 1.165) is 33.3 Å². The van der Waals surface area contributed by atoms with Crippen LogP contribution in [0, 0.1) is 5.41 Å². The predicted molar refractivity (Wildman–Crippen MR) is 173 cm³/mol. The van der Waals surface area contributed by atoms with Gasteiger partial charge in [0.2, 0.25) is 0 Å². The molecule has 3 aromatic carbocycles. The molecule has 8 heteroatoms. The molecular weight excluding hydrogens is 582 g/mol. The molecule has 1 fully saturated rings. The van der Waals surface area contributed by atoms with Gasteiger partial charge in [0.25, 0.3) is 0 Å². The first-order valence-corrected chi connectivity index (χ1v) is 16.5. The largest absolute Gasteiger partial charge is 0.481 e. The molecule has 1 aliphatic rings. The lowest BCUT2D eigenvalue weighted by Gasteiger charge is -2.24. The molecular formula is C35H36ClNO5S. The van der Waals surface area contributed by atoms with Gasteiger partial charge in [0.1, 0.15) is 0 Å². The van der Waals surface area contributed by atoms with Gasteiger partial charge in [-0.1, -0.05) is 78.3 Å². The Hall–Kier alpha value is -3.52. The van der Waals surface area contributed by atoms with E-state index in [2.05, 4.69) is 4.98 Å². The summed E-state index contributed by atoms with van der Waals surface area (Å²) >= 11 is 6.14. The van der Waals surface area contributed by atoms with Crippen LogP contribution in [0.4, 0.5) is 0 Å². The second kappa shape index (κ2) is 12.2. The fraction of sp³-hybridized carbons (Fsp3) is 0.314. The van der Waals surface area contributed by atoms with Crippen LogP contribution < -0.4 is 0 Å². The highest BCUT2D eigenvalue weighted by atomic mass is 35.5. The van der Waals surface area contributed by atoms with Crippen LogP contribution in [0.1, 0.15) is 72.7 Å². The maximum atomic E-state index is 14.0. The normalized spacial score (nSPS) is 15.5. The van der Waals surface area contributed by atoms with Crippen molar-refractivity contribution in [1.82, 2.24) is 4.98 Å². The minimum Gasteiger partial charge on any atom is -0.481 e. The van der Waals surface area contributed by atoms with Crippen molar-refractivity contribution in [3.63, 3.8) is 0 Å². The molecule has 0 bridgehead atoms. The van der Waals surface area contributed by atoms with E-state index < -0.39 is 32.1 Å². The highest BCUT2D eigenvalue weighted by Gasteiger charge is 2.49. The van der Waals surface area contributed by atoms with Gasteiger partial charge in [0, 0.05) is 10.4 Å². The van der Waals surface area contributed by atoms with Crippen molar-refractivity contribution in [3.05, 3.63) is 112 Å². The molecule has 1 unspecified atom stereocenters. The molecule has 1 heterocycles. The summed E-state index contributed by atoms with van der Waals surface area (Å²) in [5.74, 6) is -1.13. The molecule has 0 radical (unpaired) electrons. The average molecular weight is 618 g/mol. The van der Waals surface area contributed by atoms with Gasteiger partial charge in [-0.2, -0.15) is 0 Å². The van der Waals surface area contributed by atoms with E-state index in [9.17, 15) is 23.4 Å². The highest BCUT2D eigenvalue weighted by Crippen LogP contribution is 2.51. The molecule has 4 aromatic rings. The monoisotopic (exact) mass is 617 g/mol. The Balaban J connectivity index is 1.45. The number of carboxylic acid groups (broad SMARTS) is 1. The van der Waals surface area contributed by atoms with E-state index in [1.165, 1.54) is 0 Å². The van der Waals surface area contributed by atoms with Crippen molar-refractivity contribution in [2.24, 2.45) is 5.41 Å². The molecule has 1 aliphatic carbocycles. The summed E-state index contributed by atoms with van der Waals surface area (Å²) in [5, 5.41) is 20.9. The second-order valence-electron chi connectivity index (χ2n) is 12.2. The van der Waals surface area contributed by atoms with Crippen LogP contribution in [0.3, 0.4) is 0 Å². The molecule has 0 saturated heterocycles. The number of rotatable bonds is 12. The van der Waals surface area contributed by atoms with E-state index in [1.807, 2.05) is 91.0 Å². The molecule has 0 aliphatic heterocycles. The molecule has 1 saturated carbocycles. The standard InChI is InChI=1S/C35H36ClNO5S/c1-34(2,40)30-9-4-3-7-25(30)13-17-32(43(41,42)23-35(18-19-35)22-33(38)39)27-8-5-6-24(20-27)10-15-29-16-12-26-11-14-28(36)21-31(26)37-29/h3-12,14-16,20-21,32,40H,13,17-19,22-23H2,1-2H3,(H,38,39). The number of hydrogen-bond donors (Lipinski definition) is 2. The zero-order valence-electron chi connectivity index (χ0n) is 24.3. The van der Waals surface area contributed by atoms with Crippen LogP contribution in [0.15, 0.2) is 78.9 Å². The lowest BCUT2D eigenvalue weighted by molar-refractivity contribution is -0.138. The summed E-state index contributed by atoms with van der Waals surface area (Å²) < 4.78 is 28.1. The third kappa shape index (κ3) is 7.71. The maximum absolute atomic E-state index is 14.0. The van der Waals surface area contributed by atoms with E-state index in [-0.39, 0.29) is 12.2 Å². The van der Waals surface area contributed by atoms with Gasteiger partial charge in [-0.25, -0.2) is 13.4 Å². The number of fused-ring (bicyclic) bond motifs is 1. The molecule has 0 spiro atoms. The number of halogens is 1. The first-order chi connectivity index (χ1) is 20.3. The third-order valence-electron chi connectivity index (χ3n) is 8.18.